The van der Waals surface area contributed by atoms with Gasteiger partial charge in [0.1, 0.15) is 0 Å². The Kier molecular flexibility index (Phi) is 4.30. The summed E-state index contributed by atoms with van der Waals surface area (Å²) in [6.45, 7) is 0. The van der Waals surface area contributed by atoms with Crippen LogP contribution in [0.3, 0.4) is 0 Å². The van der Waals surface area contributed by atoms with E-state index in [9.17, 15) is 9.90 Å². The second-order valence-corrected chi connectivity index (χ2v) is 8.09. The molecule has 5 N–H and O–H groups in total. The third-order valence-corrected chi connectivity index (χ3v) is 5.74. The van der Waals surface area contributed by atoms with Gasteiger partial charge < -0.3 is 25.0 Å². The van der Waals surface area contributed by atoms with Crippen molar-refractivity contribution in [2.75, 3.05) is 0 Å². The number of aromatic amines is 4. The van der Waals surface area contributed by atoms with E-state index in [-0.39, 0.29) is 5.56 Å². The van der Waals surface area contributed by atoms with Crippen molar-refractivity contribution in [1.29, 1.82) is 0 Å². The largest absolute Gasteiger partial charge is 0.478 e. The fraction of sp³-hybridized carbons (Fsp3) is 0. The Balaban J connectivity index is 1.64. The highest BCUT2D eigenvalue weighted by Gasteiger charge is 2.13. The predicted octanol–water partition coefficient (Wildman–Crippen LogP) is 1.99. The molecule has 0 fully saturated rings. The van der Waals surface area contributed by atoms with Gasteiger partial charge in [0, 0.05) is 49.7 Å². The summed E-state index contributed by atoms with van der Waals surface area (Å²) in [6.07, 6.45) is 8.13. The quantitative estimate of drug-likeness (QED) is 0.289. The van der Waals surface area contributed by atoms with Crippen LogP contribution in [0.25, 0.3) is 35.4 Å². The average molecular weight is 432 g/mol. The summed E-state index contributed by atoms with van der Waals surface area (Å²) in [6, 6.07) is 21.2. The Morgan fingerprint density at radius 1 is 0.576 bits per heavy atom. The summed E-state index contributed by atoms with van der Waals surface area (Å²) >= 11 is 0. The molecule has 6 heteroatoms. The predicted molar refractivity (Wildman–Crippen MR) is 128 cm³/mol. The third-order valence-electron chi connectivity index (χ3n) is 5.74. The molecule has 0 spiro atoms. The van der Waals surface area contributed by atoms with Crippen molar-refractivity contribution in [1.82, 2.24) is 19.9 Å². The van der Waals surface area contributed by atoms with Gasteiger partial charge in [0.25, 0.3) is 0 Å². The van der Waals surface area contributed by atoms with Crippen molar-refractivity contribution in [3.8, 4) is 11.1 Å². The van der Waals surface area contributed by atoms with Gasteiger partial charge in [-0.3, -0.25) is 0 Å². The van der Waals surface area contributed by atoms with E-state index < -0.39 is 5.97 Å². The van der Waals surface area contributed by atoms with Crippen LogP contribution in [0.5, 0.6) is 0 Å². The SMILES string of the molecule is O=C(O)c1ccccc1-c1cc2[nH]c1=Cc1ccc([nH]1)C=c1ccc([nH]1)=Cc1ccc([nH]1)C=2. The second kappa shape index (κ2) is 7.46. The molecular weight excluding hydrogens is 412 g/mol. The number of H-pyrrole nitrogens is 4. The van der Waals surface area contributed by atoms with Crippen molar-refractivity contribution in [2.45, 2.75) is 0 Å². The highest BCUT2D eigenvalue weighted by atomic mass is 16.4. The van der Waals surface area contributed by atoms with Crippen molar-refractivity contribution in [2.24, 2.45) is 0 Å². The maximum absolute atomic E-state index is 11.9. The molecule has 1 aromatic carbocycles. The number of aromatic nitrogens is 4. The summed E-state index contributed by atoms with van der Waals surface area (Å²) in [4.78, 5) is 25.6. The molecule has 4 aromatic heterocycles. The van der Waals surface area contributed by atoms with E-state index in [0.717, 1.165) is 49.7 Å². The van der Waals surface area contributed by atoms with Crippen LogP contribution in [0, 0.1) is 0 Å². The van der Waals surface area contributed by atoms with Gasteiger partial charge in [0.15, 0.2) is 0 Å². The van der Waals surface area contributed by atoms with E-state index in [1.807, 2.05) is 66.7 Å². The van der Waals surface area contributed by atoms with Gasteiger partial charge in [0.05, 0.1) is 5.56 Å². The number of hydrogen-bond donors (Lipinski definition) is 5. The van der Waals surface area contributed by atoms with Crippen LogP contribution in [0.2, 0.25) is 0 Å². The van der Waals surface area contributed by atoms with E-state index >= 15 is 0 Å². The molecule has 6 rings (SSSR count). The van der Waals surface area contributed by atoms with E-state index in [4.69, 9.17) is 0 Å². The maximum atomic E-state index is 11.9. The number of aromatic carboxylic acids is 1. The minimum absolute atomic E-state index is 0.267. The molecule has 33 heavy (non-hydrogen) atoms. The molecule has 5 aromatic rings. The molecule has 0 aliphatic carbocycles. The lowest BCUT2D eigenvalue weighted by Gasteiger charge is -2.03. The number of nitrogens with one attached hydrogen (secondary N) is 4. The molecule has 6 nitrogen and oxygen atoms in total. The van der Waals surface area contributed by atoms with Crippen molar-refractivity contribution in [3.05, 3.63) is 116 Å². The van der Waals surface area contributed by atoms with Gasteiger partial charge >= 0.3 is 5.97 Å². The first kappa shape index (κ1) is 19.0. The molecule has 0 atom stereocenters. The van der Waals surface area contributed by atoms with Gasteiger partial charge in [-0.2, -0.15) is 0 Å². The number of carboxylic acid groups (broad SMARTS) is 1. The zero-order valence-electron chi connectivity index (χ0n) is 17.5. The van der Waals surface area contributed by atoms with Crippen molar-refractivity contribution in [3.63, 3.8) is 0 Å². The topological polar surface area (TPSA) is 100 Å². The average Bonchev–Trinajstić information content (AvgIpc) is 3.59. The zero-order chi connectivity index (χ0) is 22.4. The van der Waals surface area contributed by atoms with Crippen LogP contribution in [0.15, 0.2) is 66.7 Å². The lowest BCUT2D eigenvalue weighted by atomic mass is 10.0. The van der Waals surface area contributed by atoms with Crippen LogP contribution in [0.4, 0.5) is 0 Å². The highest BCUT2D eigenvalue weighted by molar-refractivity contribution is 5.96. The van der Waals surface area contributed by atoms with Gasteiger partial charge in [-0.05, 0) is 78.4 Å². The standard InChI is InChI=1S/C27H20N4O2/c32-27(33)24-4-2-1-3-23(24)25-14-22-13-20-8-7-18(29-20)11-16-5-6-17(28-16)12-19-9-10-21(30-19)15-26(25)31-22/h1-15,28-31H,(H,32,33). The van der Waals surface area contributed by atoms with Crippen LogP contribution >= 0.6 is 0 Å². The Morgan fingerprint density at radius 2 is 1.15 bits per heavy atom. The molecule has 1 aliphatic heterocycles. The molecule has 0 saturated heterocycles. The fourth-order valence-corrected chi connectivity index (χ4v) is 4.26. The Bertz CT molecular complexity index is 1760. The second-order valence-electron chi connectivity index (χ2n) is 8.09. The number of rotatable bonds is 2. The number of fused-ring (bicyclic) bond motifs is 8. The monoisotopic (exact) mass is 432 g/mol. The van der Waals surface area contributed by atoms with Crippen molar-refractivity contribution >= 4 is 30.3 Å². The van der Waals surface area contributed by atoms with Gasteiger partial charge in [0.2, 0.25) is 0 Å². The van der Waals surface area contributed by atoms with E-state index in [1.165, 1.54) is 0 Å². The Morgan fingerprint density at radius 3 is 1.79 bits per heavy atom. The summed E-state index contributed by atoms with van der Waals surface area (Å²) in [5.41, 5.74) is 5.57. The molecule has 8 bridgehead atoms. The van der Waals surface area contributed by atoms with E-state index in [1.54, 1.807) is 12.1 Å². The molecular formula is C27H20N4O2. The molecule has 0 radical (unpaired) electrons. The number of benzene rings is 1. The summed E-state index contributed by atoms with van der Waals surface area (Å²) < 4.78 is 0. The first-order valence-electron chi connectivity index (χ1n) is 10.6. The fourth-order valence-electron chi connectivity index (χ4n) is 4.26. The molecule has 0 unspecified atom stereocenters. The first-order chi connectivity index (χ1) is 16.1. The Hall–Kier alpha value is -4.71. The summed E-state index contributed by atoms with van der Waals surface area (Å²) in [5, 5.41) is 13.4. The zero-order valence-corrected chi connectivity index (χ0v) is 17.5. The van der Waals surface area contributed by atoms with Crippen LogP contribution in [-0.4, -0.2) is 31.0 Å². The Labute approximate surface area is 188 Å². The number of carboxylic acids is 1. The smallest absolute Gasteiger partial charge is 0.336 e. The van der Waals surface area contributed by atoms with Crippen LogP contribution < -0.4 is 21.4 Å². The molecule has 5 heterocycles. The first-order valence-corrected chi connectivity index (χ1v) is 10.6. The van der Waals surface area contributed by atoms with Gasteiger partial charge in [-0.15, -0.1) is 0 Å². The normalized spacial score (nSPS) is 12.2. The van der Waals surface area contributed by atoms with Crippen LogP contribution in [-0.2, 0) is 0 Å². The molecule has 160 valence electrons. The van der Waals surface area contributed by atoms with Gasteiger partial charge in [-0.25, -0.2) is 4.79 Å². The lowest BCUT2D eigenvalue weighted by molar-refractivity contribution is 0.0697. The van der Waals surface area contributed by atoms with Crippen molar-refractivity contribution < 1.29 is 9.90 Å². The third kappa shape index (κ3) is 3.64. The summed E-state index contributed by atoms with van der Waals surface area (Å²) in [5.74, 6) is -0.951. The maximum Gasteiger partial charge on any atom is 0.336 e. The van der Waals surface area contributed by atoms with E-state index in [0.29, 0.717) is 5.56 Å². The van der Waals surface area contributed by atoms with Gasteiger partial charge in [-0.1, -0.05) is 18.2 Å². The van der Waals surface area contributed by atoms with Crippen LogP contribution in [0.1, 0.15) is 33.1 Å². The highest BCUT2D eigenvalue weighted by Crippen LogP contribution is 2.20. The number of carbonyl (C=O) groups is 1. The summed E-state index contributed by atoms with van der Waals surface area (Å²) in [7, 11) is 0. The molecule has 0 saturated carbocycles. The lowest BCUT2D eigenvalue weighted by Crippen LogP contribution is -2.12. The minimum Gasteiger partial charge on any atom is -0.478 e. The van der Waals surface area contributed by atoms with E-state index in [2.05, 4.69) is 32.1 Å². The minimum atomic E-state index is -0.951. The molecule has 1 aliphatic rings. The molecule has 0 amide bonds. The number of hydrogen-bond acceptors (Lipinski definition) is 1.